The summed E-state index contributed by atoms with van der Waals surface area (Å²) in [4.78, 5) is 10.7. The smallest absolute Gasteiger partial charge is 0.186 e. The minimum atomic E-state index is 0.167. The number of benzene rings is 1. The van der Waals surface area contributed by atoms with Crippen molar-refractivity contribution < 1.29 is 4.79 Å². The SMILES string of the molecule is CC(=O)SCC=Cc1cccc(C(C)C)c1. The maximum absolute atomic E-state index is 10.7. The minimum Gasteiger partial charge on any atom is -0.288 e. The Morgan fingerprint density at radius 3 is 2.81 bits per heavy atom. The fraction of sp³-hybridized carbons (Fsp3) is 0.357. The molecule has 1 rings (SSSR count). The highest BCUT2D eigenvalue weighted by atomic mass is 32.2. The first-order valence-electron chi connectivity index (χ1n) is 5.49. The van der Waals surface area contributed by atoms with Crippen molar-refractivity contribution in [2.24, 2.45) is 0 Å². The van der Waals surface area contributed by atoms with Crippen molar-refractivity contribution in [1.29, 1.82) is 0 Å². The van der Waals surface area contributed by atoms with E-state index in [1.165, 1.54) is 22.9 Å². The molecule has 1 aromatic carbocycles. The van der Waals surface area contributed by atoms with E-state index in [9.17, 15) is 4.79 Å². The lowest BCUT2D eigenvalue weighted by molar-refractivity contribution is -0.109. The van der Waals surface area contributed by atoms with Crippen LogP contribution in [0.2, 0.25) is 0 Å². The van der Waals surface area contributed by atoms with Crippen molar-refractivity contribution in [3.8, 4) is 0 Å². The molecule has 16 heavy (non-hydrogen) atoms. The molecule has 0 amide bonds. The maximum Gasteiger partial charge on any atom is 0.186 e. The molecular formula is C14H18OS. The summed E-state index contributed by atoms with van der Waals surface area (Å²) in [6, 6.07) is 8.50. The van der Waals surface area contributed by atoms with Crippen LogP contribution in [0, 0.1) is 0 Å². The molecule has 0 atom stereocenters. The Balaban J connectivity index is 2.59. The zero-order valence-electron chi connectivity index (χ0n) is 10.1. The predicted octanol–water partition coefficient (Wildman–Crippen LogP) is 4.10. The molecule has 1 nitrogen and oxygen atoms in total. The molecule has 0 spiro atoms. The second-order valence-electron chi connectivity index (χ2n) is 4.03. The summed E-state index contributed by atoms with van der Waals surface area (Å²) in [7, 11) is 0. The molecule has 0 unspecified atom stereocenters. The Morgan fingerprint density at radius 2 is 2.19 bits per heavy atom. The number of hydrogen-bond donors (Lipinski definition) is 0. The molecule has 0 heterocycles. The van der Waals surface area contributed by atoms with Gasteiger partial charge < -0.3 is 0 Å². The van der Waals surface area contributed by atoms with E-state index >= 15 is 0 Å². The minimum absolute atomic E-state index is 0.167. The van der Waals surface area contributed by atoms with Crippen LogP contribution < -0.4 is 0 Å². The van der Waals surface area contributed by atoms with Crippen LogP contribution in [0.15, 0.2) is 30.3 Å². The Morgan fingerprint density at radius 1 is 1.44 bits per heavy atom. The molecule has 0 saturated carbocycles. The predicted molar refractivity (Wildman–Crippen MR) is 72.7 cm³/mol. The maximum atomic E-state index is 10.7. The summed E-state index contributed by atoms with van der Waals surface area (Å²) in [6.07, 6.45) is 4.10. The monoisotopic (exact) mass is 234 g/mol. The summed E-state index contributed by atoms with van der Waals surface area (Å²) in [5, 5.41) is 0.167. The van der Waals surface area contributed by atoms with Crippen LogP contribution in [-0.2, 0) is 4.79 Å². The standard InChI is InChI=1S/C14H18OS/c1-11(2)14-8-4-6-13(10-14)7-5-9-16-12(3)15/h4-8,10-11H,9H2,1-3H3. The van der Waals surface area contributed by atoms with E-state index in [1.807, 2.05) is 6.08 Å². The Bertz CT molecular complexity index is 380. The van der Waals surface area contributed by atoms with E-state index in [-0.39, 0.29) is 5.12 Å². The third-order valence-corrected chi connectivity index (χ3v) is 3.04. The first-order chi connectivity index (χ1) is 7.59. The summed E-state index contributed by atoms with van der Waals surface area (Å²) in [5.41, 5.74) is 2.55. The molecule has 86 valence electrons. The van der Waals surface area contributed by atoms with Gasteiger partial charge in [-0.05, 0) is 17.0 Å². The summed E-state index contributed by atoms with van der Waals surface area (Å²) in [6.45, 7) is 5.97. The molecule has 0 aromatic heterocycles. The van der Waals surface area contributed by atoms with Gasteiger partial charge in [0.1, 0.15) is 0 Å². The zero-order chi connectivity index (χ0) is 12.0. The second kappa shape index (κ2) is 6.54. The molecule has 0 saturated heterocycles. The van der Waals surface area contributed by atoms with E-state index < -0.39 is 0 Å². The van der Waals surface area contributed by atoms with Crippen molar-refractivity contribution in [3.63, 3.8) is 0 Å². The third kappa shape index (κ3) is 4.67. The Kier molecular flexibility index (Phi) is 5.33. The van der Waals surface area contributed by atoms with Crippen LogP contribution in [0.5, 0.6) is 0 Å². The number of rotatable bonds is 4. The fourth-order valence-electron chi connectivity index (χ4n) is 1.37. The van der Waals surface area contributed by atoms with Gasteiger partial charge in [-0.2, -0.15) is 0 Å². The van der Waals surface area contributed by atoms with E-state index in [0.29, 0.717) is 5.92 Å². The average Bonchev–Trinajstić information content (AvgIpc) is 2.24. The first kappa shape index (κ1) is 13.0. The van der Waals surface area contributed by atoms with Crippen LogP contribution in [0.3, 0.4) is 0 Å². The van der Waals surface area contributed by atoms with Gasteiger partial charge in [-0.25, -0.2) is 0 Å². The second-order valence-corrected chi connectivity index (χ2v) is 5.23. The van der Waals surface area contributed by atoms with E-state index in [2.05, 4.69) is 44.2 Å². The van der Waals surface area contributed by atoms with Gasteiger partial charge in [0.2, 0.25) is 0 Å². The molecule has 0 bridgehead atoms. The number of carbonyl (C=O) groups excluding carboxylic acids is 1. The van der Waals surface area contributed by atoms with Crippen molar-refractivity contribution in [2.75, 3.05) is 5.75 Å². The summed E-state index contributed by atoms with van der Waals surface area (Å²) < 4.78 is 0. The number of hydrogen-bond acceptors (Lipinski definition) is 2. The zero-order valence-corrected chi connectivity index (χ0v) is 10.9. The molecule has 0 aliphatic rings. The highest BCUT2D eigenvalue weighted by Gasteiger charge is 1.98. The third-order valence-electron chi connectivity index (χ3n) is 2.27. The molecule has 2 heteroatoms. The Labute approximate surface area is 102 Å². The molecular weight excluding hydrogens is 216 g/mol. The van der Waals surface area contributed by atoms with Crippen LogP contribution in [0.25, 0.3) is 6.08 Å². The number of thioether (sulfide) groups is 1. The average molecular weight is 234 g/mol. The van der Waals surface area contributed by atoms with Crippen molar-refractivity contribution >= 4 is 23.0 Å². The van der Waals surface area contributed by atoms with Gasteiger partial charge in [0, 0.05) is 12.7 Å². The summed E-state index contributed by atoms with van der Waals surface area (Å²) >= 11 is 1.34. The van der Waals surface area contributed by atoms with Gasteiger partial charge in [-0.15, -0.1) is 0 Å². The van der Waals surface area contributed by atoms with Crippen LogP contribution in [0.4, 0.5) is 0 Å². The lowest BCUT2D eigenvalue weighted by atomic mass is 10.0. The van der Waals surface area contributed by atoms with Crippen molar-refractivity contribution in [3.05, 3.63) is 41.5 Å². The van der Waals surface area contributed by atoms with Gasteiger partial charge in [0.25, 0.3) is 0 Å². The highest BCUT2D eigenvalue weighted by Crippen LogP contribution is 2.16. The fourth-order valence-corrected chi connectivity index (χ4v) is 1.80. The van der Waals surface area contributed by atoms with Crippen molar-refractivity contribution in [2.45, 2.75) is 26.7 Å². The first-order valence-corrected chi connectivity index (χ1v) is 6.48. The van der Waals surface area contributed by atoms with E-state index in [0.717, 1.165) is 5.75 Å². The molecule has 0 N–H and O–H groups in total. The quantitative estimate of drug-likeness (QED) is 0.780. The van der Waals surface area contributed by atoms with Crippen LogP contribution in [0.1, 0.15) is 37.8 Å². The van der Waals surface area contributed by atoms with Crippen LogP contribution in [-0.4, -0.2) is 10.9 Å². The molecule has 1 aromatic rings. The van der Waals surface area contributed by atoms with E-state index in [1.54, 1.807) is 6.92 Å². The Hall–Kier alpha value is -1.02. The molecule has 0 radical (unpaired) electrons. The van der Waals surface area contributed by atoms with Gasteiger partial charge in [-0.3, -0.25) is 4.79 Å². The normalized spacial score (nSPS) is 11.2. The lowest BCUT2D eigenvalue weighted by Gasteiger charge is -2.05. The highest BCUT2D eigenvalue weighted by molar-refractivity contribution is 8.13. The lowest BCUT2D eigenvalue weighted by Crippen LogP contribution is -1.87. The van der Waals surface area contributed by atoms with Crippen LogP contribution >= 0.6 is 11.8 Å². The van der Waals surface area contributed by atoms with Gasteiger partial charge in [-0.1, -0.05) is 62.0 Å². The van der Waals surface area contributed by atoms with E-state index in [4.69, 9.17) is 0 Å². The molecule has 0 aliphatic heterocycles. The van der Waals surface area contributed by atoms with Gasteiger partial charge >= 0.3 is 0 Å². The summed E-state index contributed by atoms with van der Waals surface area (Å²) in [5.74, 6) is 1.31. The largest absolute Gasteiger partial charge is 0.288 e. The van der Waals surface area contributed by atoms with Gasteiger partial charge in [0.05, 0.1) is 0 Å². The number of carbonyl (C=O) groups is 1. The molecule has 0 aliphatic carbocycles. The van der Waals surface area contributed by atoms with Crippen molar-refractivity contribution in [1.82, 2.24) is 0 Å². The molecule has 0 fully saturated rings. The topological polar surface area (TPSA) is 17.1 Å². The van der Waals surface area contributed by atoms with Gasteiger partial charge in [0.15, 0.2) is 5.12 Å².